The average molecular weight is 483 g/mol. The third-order valence-electron chi connectivity index (χ3n) is 7.14. The summed E-state index contributed by atoms with van der Waals surface area (Å²) < 4.78 is 5.49. The van der Waals surface area contributed by atoms with Gasteiger partial charge < -0.3 is 20.1 Å². The Hall–Kier alpha value is -2.93. The van der Waals surface area contributed by atoms with Crippen molar-refractivity contribution in [3.05, 3.63) is 60.7 Å². The minimum absolute atomic E-state index is 0.0335. The predicted molar refractivity (Wildman–Crippen MR) is 134 cm³/mol. The van der Waals surface area contributed by atoms with Crippen LogP contribution in [0.15, 0.2) is 49.6 Å². The number of aliphatic hydroxyl groups is 1. The molecule has 1 aromatic rings. The van der Waals surface area contributed by atoms with Crippen molar-refractivity contribution in [2.75, 3.05) is 13.2 Å². The van der Waals surface area contributed by atoms with E-state index in [-0.39, 0.29) is 49.9 Å². The zero-order chi connectivity index (χ0) is 25.3. The molecule has 1 aliphatic carbocycles. The van der Waals surface area contributed by atoms with Crippen molar-refractivity contribution in [2.45, 2.75) is 75.9 Å². The number of amides is 2. The van der Waals surface area contributed by atoms with Gasteiger partial charge in [-0.25, -0.2) is 0 Å². The summed E-state index contributed by atoms with van der Waals surface area (Å²) in [5, 5.41) is 13.1. The van der Waals surface area contributed by atoms with E-state index in [9.17, 15) is 19.5 Å². The van der Waals surface area contributed by atoms with Crippen LogP contribution in [0.25, 0.3) is 0 Å². The topological polar surface area (TPSA) is 95.9 Å². The Labute approximate surface area is 208 Å². The highest BCUT2D eigenvalue weighted by Gasteiger charge is 2.39. The average Bonchev–Trinajstić information content (AvgIpc) is 3.33. The number of aliphatic hydroxyl groups excluding tert-OH is 1. The summed E-state index contributed by atoms with van der Waals surface area (Å²) in [6, 6.07) is 7.63. The van der Waals surface area contributed by atoms with Gasteiger partial charge in [0.05, 0.1) is 24.1 Å². The summed E-state index contributed by atoms with van der Waals surface area (Å²) in [7, 11) is 0. The van der Waals surface area contributed by atoms with E-state index in [1.54, 1.807) is 17.1 Å². The molecule has 1 fully saturated rings. The number of hydrogen-bond acceptors (Lipinski definition) is 5. The predicted octanol–water partition coefficient (Wildman–Crippen LogP) is 3.45. The van der Waals surface area contributed by atoms with Gasteiger partial charge >= 0.3 is 5.97 Å². The summed E-state index contributed by atoms with van der Waals surface area (Å²) in [6.07, 6.45) is 8.50. The maximum absolute atomic E-state index is 13.3. The number of benzene rings is 1. The van der Waals surface area contributed by atoms with Crippen molar-refractivity contribution < 1.29 is 24.2 Å². The van der Waals surface area contributed by atoms with Crippen molar-refractivity contribution in [1.82, 2.24) is 10.2 Å². The van der Waals surface area contributed by atoms with E-state index in [0.29, 0.717) is 25.8 Å². The van der Waals surface area contributed by atoms with Crippen molar-refractivity contribution >= 4 is 17.8 Å². The minimum atomic E-state index is -0.596. The second-order valence-electron chi connectivity index (χ2n) is 9.72. The molecule has 7 nitrogen and oxygen atoms in total. The number of nitrogens with one attached hydrogen (secondary N) is 1. The number of ether oxygens (including phenoxy) is 1. The Kier molecular flexibility index (Phi) is 9.66. The first-order valence-corrected chi connectivity index (χ1v) is 12.6. The molecule has 2 N–H and O–H groups in total. The van der Waals surface area contributed by atoms with Crippen LogP contribution in [0.4, 0.5) is 0 Å². The molecule has 0 saturated heterocycles. The molecule has 0 aromatic heterocycles. The van der Waals surface area contributed by atoms with E-state index >= 15 is 0 Å². The fourth-order valence-electron chi connectivity index (χ4n) is 5.09. The standard InChI is InChI=1S/C28H38N2O5/c1-3-5-13-26(33)35-20-28(14-8-9-15-28)29-27(34)22(10-4-2)17-25(32)30-18-23-12-7-6-11-21(23)16-24(30)19-31/h3-4,6-7,11-12,22,24,31H,1-2,5,8-10,13-20H2,(H,29,34)/t22-,24-/m0/s1. The van der Waals surface area contributed by atoms with Crippen molar-refractivity contribution in [2.24, 2.45) is 5.92 Å². The number of rotatable bonds is 12. The molecule has 0 spiro atoms. The lowest BCUT2D eigenvalue weighted by Gasteiger charge is -2.37. The van der Waals surface area contributed by atoms with E-state index in [1.165, 1.54) is 0 Å². The van der Waals surface area contributed by atoms with Gasteiger partial charge in [-0.3, -0.25) is 14.4 Å². The first kappa shape index (κ1) is 26.7. The highest BCUT2D eigenvalue weighted by molar-refractivity contribution is 5.86. The van der Waals surface area contributed by atoms with E-state index < -0.39 is 11.5 Å². The zero-order valence-corrected chi connectivity index (χ0v) is 20.5. The number of carbonyl (C=O) groups is 3. The van der Waals surface area contributed by atoms with Gasteiger partial charge in [0.2, 0.25) is 11.8 Å². The highest BCUT2D eigenvalue weighted by Crippen LogP contribution is 2.31. The van der Waals surface area contributed by atoms with Crippen LogP contribution in [0.2, 0.25) is 0 Å². The van der Waals surface area contributed by atoms with E-state index in [2.05, 4.69) is 18.5 Å². The molecule has 190 valence electrons. The quantitative estimate of drug-likeness (QED) is 0.351. The summed E-state index contributed by atoms with van der Waals surface area (Å²) in [4.78, 5) is 40.4. The monoisotopic (exact) mass is 482 g/mol. The van der Waals surface area contributed by atoms with Gasteiger partial charge in [-0.1, -0.05) is 49.3 Å². The molecule has 1 heterocycles. The molecular weight excluding hydrogens is 444 g/mol. The highest BCUT2D eigenvalue weighted by atomic mass is 16.5. The van der Waals surface area contributed by atoms with Crippen LogP contribution >= 0.6 is 0 Å². The Morgan fingerprint density at radius 1 is 1.17 bits per heavy atom. The Morgan fingerprint density at radius 2 is 1.89 bits per heavy atom. The fraction of sp³-hybridized carbons (Fsp3) is 0.536. The van der Waals surface area contributed by atoms with E-state index in [0.717, 1.165) is 36.8 Å². The van der Waals surface area contributed by atoms with Gasteiger partial charge in [-0.2, -0.15) is 0 Å². The van der Waals surface area contributed by atoms with Crippen LogP contribution in [-0.2, 0) is 32.1 Å². The second kappa shape index (κ2) is 12.7. The molecule has 2 aliphatic rings. The number of nitrogens with zero attached hydrogens (tertiary/aromatic N) is 1. The zero-order valence-electron chi connectivity index (χ0n) is 20.5. The SMILES string of the molecule is C=CCCC(=O)OCC1(NC(=O)[C@@H](CC=C)CC(=O)N2Cc3ccccc3C[C@H]2CO)CCCC1. The molecule has 0 bridgehead atoms. The molecule has 1 aliphatic heterocycles. The number of hydrogen-bond donors (Lipinski definition) is 2. The Balaban J connectivity index is 1.66. The lowest BCUT2D eigenvalue weighted by molar-refractivity contribution is -0.147. The Morgan fingerprint density at radius 3 is 2.54 bits per heavy atom. The molecule has 0 unspecified atom stereocenters. The van der Waals surface area contributed by atoms with Crippen LogP contribution in [0.3, 0.4) is 0 Å². The van der Waals surface area contributed by atoms with Crippen LogP contribution in [0.1, 0.15) is 62.5 Å². The maximum Gasteiger partial charge on any atom is 0.306 e. The normalized spacial score (nSPS) is 19.3. The molecule has 0 radical (unpaired) electrons. The molecule has 35 heavy (non-hydrogen) atoms. The summed E-state index contributed by atoms with van der Waals surface area (Å²) in [5.74, 6) is -1.26. The summed E-state index contributed by atoms with van der Waals surface area (Å²) >= 11 is 0. The number of fused-ring (bicyclic) bond motifs is 1. The molecule has 1 saturated carbocycles. The van der Waals surface area contributed by atoms with Gasteiger partial charge in [0.25, 0.3) is 0 Å². The molecule has 7 heteroatoms. The molecule has 1 aromatic carbocycles. The van der Waals surface area contributed by atoms with Crippen LogP contribution in [0.5, 0.6) is 0 Å². The third kappa shape index (κ3) is 7.04. The lowest BCUT2D eigenvalue weighted by Crippen LogP contribution is -2.53. The number of esters is 1. The second-order valence-corrected chi connectivity index (χ2v) is 9.72. The van der Waals surface area contributed by atoms with Crippen LogP contribution in [0, 0.1) is 5.92 Å². The van der Waals surface area contributed by atoms with Gasteiger partial charge in [-0.15, -0.1) is 13.2 Å². The minimum Gasteiger partial charge on any atom is -0.463 e. The van der Waals surface area contributed by atoms with Crippen molar-refractivity contribution in [3.63, 3.8) is 0 Å². The van der Waals surface area contributed by atoms with E-state index in [4.69, 9.17) is 4.74 Å². The first-order valence-electron chi connectivity index (χ1n) is 12.6. The summed E-state index contributed by atoms with van der Waals surface area (Å²) in [6.45, 7) is 7.83. The smallest absolute Gasteiger partial charge is 0.306 e. The Bertz CT molecular complexity index is 922. The largest absolute Gasteiger partial charge is 0.463 e. The van der Waals surface area contributed by atoms with Gasteiger partial charge in [-0.05, 0) is 43.2 Å². The maximum atomic E-state index is 13.3. The first-order chi connectivity index (χ1) is 16.9. The van der Waals surface area contributed by atoms with Crippen LogP contribution < -0.4 is 5.32 Å². The van der Waals surface area contributed by atoms with Gasteiger partial charge in [0, 0.05) is 19.4 Å². The molecule has 3 rings (SSSR count). The van der Waals surface area contributed by atoms with Gasteiger partial charge in [0.1, 0.15) is 6.61 Å². The van der Waals surface area contributed by atoms with Crippen LogP contribution in [-0.4, -0.2) is 52.6 Å². The van der Waals surface area contributed by atoms with Crippen molar-refractivity contribution in [3.8, 4) is 0 Å². The fourth-order valence-corrected chi connectivity index (χ4v) is 5.09. The molecular formula is C28H38N2O5. The summed E-state index contributed by atoms with van der Waals surface area (Å²) in [5.41, 5.74) is 1.61. The lowest BCUT2D eigenvalue weighted by atomic mass is 9.91. The van der Waals surface area contributed by atoms with Gasteiger partial charge in [0.15, 0.2) is 0 Å². The number of allylic oxidation sites excluding steroid dienone is 2. The number of carbonyl (C=O) groups excluding carboxylic acids is 3. The van der Waals surface area contributed by atoms with Crippen molar-refractivity contribution in [1.29, 1.82) is 0 Å². The van der Waals surface area contributed by atoms with E-state index in [1.807, 2.05) is 24.3 Å². The molecule has 2 atom stereocenters. The third-order valence-corrected chi connectivity index (χ3v) is 7.14. The molecule has 2 amide bonds.